The molecule has 0 bridgehead atoms. The quantitative estimate of drug-likeness (QED) is 0.782. The van der Waals surface area contributed by atoms with Crippen LogP contribution >= 0.6 is 0 Å². The molecule has 0 aliphatic carbocycles. The van der Waals surface area contributed by atoms with Gasteiger partial charge in [-0.3, -0.25) is 4.79 Å². The lowest BCUT2D eigenvalue weighted by molar-refractivity contribution is -0.654. The predicted octanol–water partition coefficient (Wildman–Crippen LogP) is 1.97. The van der Waals surface area contributed by atoms with Crippen LogP contribution in [0.4, 0.5) is 0 Å². The number of carbonyl (C=O) groups excluding carboxylic acids is 1. The highest BCUT2D eigenvalue weighted by atomic mass is 16.2. The lowest BCUT2D eigenvalue weighted by Gasteiger charge is -2.04. The summed E-state index contributed by atoms with van der Waals surface area (Å²) in [7, 11) is 0. The van der Waals surface area contributed by atoms with Gasteiger partial charge in [0.15, 0.2) is 0 Å². The monoisotopic (exact) mass is 227 g/mol. The van der Waals surface area contributed by atoms with Gasteiger partial charge < -0.3 is 0 Å². The van der Waals surface area contributed by atoms with Crippen molar-refractivity contribution < 1.29 is 9.47 Å². The molecule has 0 saturated carbocycles. The van der Waals surface area contributed by atoms with Gasteiger partial charge >= 0.3 is 5.91 Å². The maximum absolute atomic E-state index is 12.0. The Bertz CT molecular complexity index is 515. The molecule has 1 aromatic heterocycles. The first-order chi connectivity index (χ1) is 8.18. The van der Waals surface area contributed by atoms with Crippen LogP contribution in [0.1, 0.15) is 21.7 Å². The van der Waals surface area contributed by atoms with Crippen LogP contribution in [0.15, 0.2) is 48.5 Å². The number of hydrogen-bond donors (Lipinski definition) is 1. The van der Waals surface area contributed by atoms with Crippen molar-refractivity contribution in [2.45, 2.75) is 13.8 Å². The molecule has 2 aromatic rings. The molecule has 0 aliphatic rings. The van der Waals surface area contributed by atoms with Crippen LogP contribution in [0.2, 0.25) is 0 Å². The van der Waals surface area contributed by atoms with Crippen LogP contribution in [-0.2, 0) is 0 Å². The van der Waals surface area contributed by atoms with Crippen molar-refractivity contribution in [2.75, 3.05) is 5.43 Å². The highest BCUT2D eigenvalue weighted by Gasteiger charge is 2.15. The van der Waals surface area contributed by atoms with Crippen molar-refractivity contribution >= 4 is 5.91 Å². The third-order valence-electron chi connectivity index (χ3n) is 2.63. The van der Waals surface area contributed by atoms with Crippen molar-refractivity contribution in [3.05, 3.63) is 65.5 Å². The van der Waals surface area contributed by atoms with E-state index < -0.39 is 0 Å². The van der Waals surface area contributed by atoms with E-state index in [1.54, 1.807) is 16.8 Å². The molecule has 1 aromatic carbocycles. The maximum atomic E-state index is 12.0. The normalized spacial score (nSPS) is 10.0. The molecule has 86 valence electrons. The number of benzene rings is 1. The number of nitrogens with one attached hydrogen (secondary N) is 1. The Morgan fingerprint density at radius 1 is 0.941 bits per heavy atom. The number of hydrogen-bond acceptors (Lipinski definition) is 1. The molecule has 1 heterocycles. The predicted molar refractivity (Wildman–Crippen MR) is 66.2 cm³/mol. The lowest BCUT2D eigenvalue weighted by Crippen LogP contribution is -2.52. The van der Waals surface area contributed by atoms with Gasteiger partial charge in [-0.05, 0) is 18.2 Å². The third kappa shape index (κ3) is 2.50. The van der Waals surface area contributed by atoms with Crippen molar-refractivity contribution in [1.29, 1.82) is 0 Å². The summed E-state index contributed by atoms with van der Waals surface area (Å²) < 4.78 is 1.79. The minimum atomic E-state index is -0.104. The van der Waals surface area contributed by atoms with Crippen LogP contribution in [0.3, 0.4) is 0 Å². The molecule has 2 rings (SSSR count). The van der Waals surface area contributed by atoms with Crippen molar-refractivity contribution in [3.8, 4) is 0 Å². The molecular formula is C14H15N2O+. The topological polar surface area (TPSA) is 33.0 Å². The van der Waals surface area contributed by atoms with Gasteiger partial charge in [0.2, 0.25) is 11.4 Å². The molecule has 0 unspecified atom stereocenters. The van der Waals surface area contributed by atoms with Crippen LogP contribution < -0.4 is 10.1 Å². The number of pyridine rings is 1. The maximum Gasteiger partial charge on any atom is 0.305 e. The Morgan fingerprint density at radius 3 is 2.12 bits per heavy atom. The van der Waals surface area contributed by atoms with E-state index >= 15 is 0 Å². The molecule has 3 heteroatoms. The van der Waals surface area contributed by atoms with Crippen molar-refractivity contribution in [1.82, 2.24) is 0 Å². The average Bonchev–Trinajstić information content (AvgIpc) is 2.35. The third-order valence-corrected chi connectivity index (χ3v) is 2.63. The van der Waals surface area contributed by atoms with E-state index in [0.29, 0.717) is 5.56 Å². The zero-order valence-electron chi connectivity index (χ0n) is 9.97. The van der Waals surface area contributed by atoms with Crippen molar-refractivity contribution in [2.24, 2.45) is 0 Å². The summed E-state index contributed by atoms with van der Waals surface area (Å²) in [6.45, 7) is 3.91. The van der Waals surface area contributed by atoms with Gasteiger partial charge in [0.1, 0.15) is 0 Å². The molecular weight excluding hydrogens is 212 g/mol. The van der Waals surface area contributed by atoms with Gasteiger partial charge in [0.25, 0.3) is 0 Å². The highest BCUT2D eigenvalue weighted by molar-refractivity contribution is 5.98. The van der Waals surface area contributed by atoms with Crippen LogP contribution in [0.5, 0.6) is 0 Å². The molecule has 17 heavy (non-hydrogen) atoms. The Morgan fingerprint density at radius 2 is 1.53 bits per heavy atom. The van der Waals surface area contributed by atoms with E-state index in [1.807, 2.05) is 50.2 Å². The summed E-state index contributed by atoms with van der Waals surface area (Å²) in [5.74, 6) is -0.104. The molecule has 1 amide bonds. The van der Waals surface area contributed by atoms with Crippen LogP contribution in [0, 0.1) is 13.8 Å². The number of aryl methyl sites for hydroxylation is 2. The molecule has 0 saturated heterocycles. The molecule has 0 aliphatic heterocycles. The number of aromatic nitrogens is 1. The smallest absolute Gasteiger partial charge is 0.264 e. The number of nitrogens with zero attached hydrogens (tertiary/aromatic N) is 1. The van der Waals surface area contributed by atoms with E-state index in [-0.39, 0.29) is 5.91 Å². The Balaban J connectivity index is 2.25. The van der Waals surface area contributed by atoms with Crippen LogP contribution in [0.25, 0.3) is 0 Å². The molecule has 0 fully saturated rings. The lowest BCUT2D eigenvalue weighted by atomic mass is 10.2. The van der Waals surface area contributed by atoms with E-state index in [2.05, 4.69) is 5.43 Å². The molecule has 3 nitrogen and oxygen atoms in total. The summed E-state index contributed by atoms with van der Waals surface area (Å²) in [5.41, 5.74) is 5.52. The zero-order chi connectivity index (χ0) is 12.3. The minimum Gasteiger partial charge on any atom is -0.264 e. The van der Waals surface area contributed by atoms with Gasteiger partial charge in [-0.2, -0.15) is 0 Å². The first-order valence-electron chi connectivity index (χ1n) is 5.53. The number of carbonyl (C=O) groups is 1. The Kier molecular flexibility index (Phi) is 3.19. The highest BCUT2D eigenvalue weighted by Crippen LogP contribution is 1.99. The standard InChI is InChI=1S/C14H14N2O/c1-11-7-6-8-12(2)16(11)15-14(17)13-9-4-3-5-10-13/h3-10H,1-2H3/p+1. The molecule has 1 N–H and O–H groups in total. The Hall–Kier alpha value is -2.16. The zero-order valence-corrected chi connectivity index (χ0v) is 9.97. The fourth-order valence-electron chi connectivity index (χ4n) is 1.69. The fraction of sp³-hybridized carbons (Fsp3) is 0.143. The summed E-state index contributed by atoms with van der Waals surface area (Å²) in [4.78, 5) is 12.0. The summed E-state index contributed by atoms with van der Waals surface area (Å²) in [6.07, 6.45) is 0. The second kappa shape index (κ2) is 4.78. The Labute approximate surface area is 101 Å². The largest absolute Gasteiger partial charge is 0.305 e. The van der Waals surface area contributed by atoms with Gasteiger partial charge in [0.05, 0.1) is 0 Å². The molecule has 0 atom stereocenters. The number of rotatable bonds is 2. The second-order valence-corrected chi connectivity index (χ2v) is 3.95. The summed E-state index contributed by atoms with van der Waals surface area (Å²) in [6, 6.07) is 15.1. The van der Waals surface area contributed by atoms with Gasteiger partial charge in [-0.1, -0.05) is 22.9 Å². The molecule has 0 spiro atoms. The van der Waals surface area contributed by atoms with Gasteiger partial charge in [-0.25, -0.2) is 0 Å². The van der Waals surface area contributed by atoms with Gasteiger partial charge in [-0.15, -0.1) is 5.43 Å². The second-order valence-electron chi connectivity index (χ2n) is 3.95. The van der Waals surface area contributed by atoms with Crippen LogP contribution in [-0.4, -0.2) is 5.91 Å². The van der Waals surface area contributed by atoms with Crippen molar-refractivity contribution in [3.63, 3.8) is 0 Å². The first-order valence-corrected chi connectivity index (χ1v) is 5.53. The number of amides is 1. The van der Waals surface area contributed by atoms with E-state index in [9.17, 15) is 4.79 Å². The van der Waals surface area contributed by atoms with Gasteiger partial charge in [0, 0.05) is 31.5 Å². The van der Waals surface area contributed by atoms with E-state index in [0.717, 1.165) is 11.4 Å². The average molecular weight is 227 g/mol. The fourth-order valence-corrected chi connectivity index (χ4v) is 1.69. The van der Waals surface area contributed by atoms with E-state index in [1.165, 1.54) is 0 Å². The summed E-state index contributed by atoms with van der Waals surface area (Å²) in [5, 5.41) is 0. The summed E-state index contributed by atoms with van der Waals surface area (Å²) >= 11 is 0. The minimum absolute atomic E-state index is 0.104. The SMILES string of the molecule is Cc1cccc(C)[n+]1NC(=O)c1ccccc1. The first kappa shape index (κ1) is 11.3. The van der Waals surface area contributed by atoms with E-state index in [4.69, 9.17) is 0 Å². The molecule has 0 radical (unpaired) electrons.